The number of aliphatic hydroxyl groups excluding tert-OH is 1. The summed E-state index contributed by atoms with van der Waals surface area (Å²) in [6.07, 6.45) is -5.26. The number of carbonyl (C=O) groups is 1. The summed E-state index contributed by atoms with van der Waals surface area (Å²) < 4.78 is 73.5. The summed E-state index contributed by atoms with van der Waals surface area (Å²) in [5.41, 5.74) is -4.60. The quantitative estimate of drug-likeness (QED) is 0.265. The number of nitrogens with zero attached hydrogens (tertiary/aromatic N) is 1. The van der Waals surface area contributed by atoms with Crippen molar-refractivity contribution in [3.8, 4) is 22.8 Å². The van der Waals surface area contributed by atoms with Gasteiger partial charge in [-0.3, -0.25) is 4.79 Å². The zero-order valence-corrected chi connectivity index (χ0v) is 22.9. The highest BCUT2D eigenvalue weighted by atomic mass is 19.4. The van der Waals surface area contributed by atoms with E-state index in [0.717, 1.165) is 18.2 Å². The maximum atomic E-state index is 14.6. The van der Waals surface area contributed by atoms with Gasteiger partial charge in [-0.25, -0.2) is 9.37 Å². The van der Waals surface area contributed by atoms with Crippen molar-refractivity contribution >= 4 is 5.91 Å². The van der Waals surface area contributed by atoms with Gasteiger partial charge in [-0.15, -0.1) is 0 Å². The van der Waals surface area contributed by atoms with E-state index in [1.807, 2.05) is 0 Å². The van der Waals surface area contributed by atoms with E-state index in [1.165, 1.54) is 37.4 Å². The van der Waals surface area contributed by atoms with Gasteiger partial charge in [0.1, 0.15) is 12.4 Å². The fraction of sp³-hybridized carbons (Fsp3) is 0.379. The number of aliphatic hydroxyl groups is 2. The zero-order valence-electron chi connectivity index (χ0n) is 22.9. The van der Waals surface area contributed by atoms with Crippen molar-refractivity contribution in [3.05, 3.63) is 77.2 Å². The van der Waals surface area contributed by atoms with Gasteiger partial charge in [-0.05, 0) is 67.1 Å². The Bertz CT molecular complexity index is 1400. The Hall–Kier alpha value is -3.78. The molecule has 0 spiro atoms. The highest BCUT2D eigenvalue weighted by Crippen LogP contribution is 2.40. The molecule has 13 heteroatoms. The summed E-state index contributed by atoms with van der Waals surface area (Å²) in [6.45, 7) is 1.17. The van der Waals surface area contributed by atoms with Crippen molar-refractivity contribution in [2.45, 2.75) is 24.2 Å². The normalized spacial score (nSPS) is 18.7. The Kier molecular flexibility index (Phi) is 9.36. The molecular formula is C29H31F4N3O6. The van der Waals surface area contributed by atoms with Crippen molar-refractivity contribution in [2.75, 3.05) is 46.6 Å². The predicted octanol–water partition coefficient (Wildman–Crippen LogP) is 3.28. The topological polar surface area (TPSA) is 122 Å². The number of benzene rings is 2. The van der Waals surface area contributed by atoms with Crippen LogP contribution < -0.4 is 20.1 Å². The van der Waals surface area contributed by atoms with Gasteiger partial charge in [-0.1, -0.05) is 0 Å². The van der Waals surface area contributed by atoms with Crippen molar-refractivity contribution in [1.82, 2.24) is 15.6 Å². The Morgan fingerprint density at radius 2 is 1.88 bits per heavy atom. The van der Waals surface area contributed by atoms with Crippen molar-refractivity contribution in [1.29, 1.82) is 0 Å². The lowest BCUT2D eigenvalue weighted by atomic mass is 9.87. The van der Waals surface area contributed by atoms with Crippen LogP contribution in [0.1, 0.15) is 28.5 Å². The Morgan fingerprint density at radius 1 is 1.14 bits per heavy atom. The first kappa shape index (κ1) is 31.2. The van der Waals surface area contributed by atoms with E-state index in [2.05, 4.69) is 15.6 Å². The first-order chi connectivity index (χ1) is 19.9. The number of halogens is 4. The van der Waals surface area contributed by atoms with Crippen LogP contribution in [0.2, 0.25) is 0 Å². The lowest BCUT2D eigenvalue weighted by Gasteiger charge is -2.37. The summed E-state index contributed by atoms with van der Waals surface area (Å²) in [5.74, 6) is -1.12. The van der Waals surface area contributed by atoms with E-state index >= 15 is 0 Å². The first-order valence-electron chi connectivity index (χ1n) is 13.0. The molecule has 1 amide bonds. The fourth-order valence-electron chi connectivity index (χ4n) is 4.47. The Balaban J connectivity index is 1.72. The molecule has 0 bridgehead atoms. The molecule has 2 atom stereocenters. The van der Waals surface area contributed by atoms with Gasteiger partial charge in [0, 0.05) is 17.7 Å². The number of alkyl halides is 3. The fourth-order valence-corrected chi connectivity index (χ4v) is 4.47. The zero-order chi connectivity index (χ0) is 30.5. The molecule has 226 valence electrons. The Morgan fingerprint density at radius 3 is 2.50 bits per heavy atom. The number of nitrogens with one attached hydrogen (secondary N) is 2. The van der Waals surface area contributed by atoms with Crippen molar-refractivity contribution in [3.63, 3.8) is 0 Å². The highest BCUT2D eigenvalue weighted by molar-refractivity contribution is 5.95. The molecule has 2 aromatic carbocycles. The highest BCUT2D eigenvalue weighted by Gasteiger charge is 2.57. The molecule has 42 heavy (non-hydrogen) atoms. The molecule has 3 aromatic rings. The molecule has 2 heterocycles. The van der Waals surface area contributed by atoms with E-state index in [0.29, 0.717) is 24.3 Å². The minimum atomic E-state index is -5.26. The monoisotopic (exact) mass is 593 g/mol. The maximum Gasteiger partial charge on any atom is 0.424 e. The van der Waals surface area contributed by atoms with Crippen LogP contribution in [0.15, 0.2) is 54.6 Å². The number of morpholine rings is 1. The molecule has 1 aromatic heterocycles. The van der Waals surface area contributed by atoms with E-state index in [9.17, 15) is 27.5 Å². The molecule has 1 saturated heterocycles. The average Bonchev–Trinajstić information content (AvgIpc) is 2.98. The maximum absolute atomic E-state index is 14.6. The number of pyridine rings is 1. The van der Waals surface area contributed by atoms with Gasteiger partial charge in [-0.2, -0.15) is 13.2 Å². The SMILES string of the molecule is COc1cc(C(=O)NCC(O)(c2cc(C3(C)COCCN3)cc(-c3ccc(F)cc3)n2)C(F)(F)F)ccc1OCCO. The van der Waals surface area contributed by atoms with E-state index in [4.69, 9.17) is 19.3 Å². The molecule has 9 nitrogen and oxygen atoms in total. The minimum Gasteiger partial charge on any atom is -0.493 e. The number of rotatable bonds is 10. The molecule has 1 aliphatic heterocycles. The number of ether oxygens (including phenoxy) is 3. The molecule has 0 saturated carbocycles. The molecule has 4 rings (SSSR count). The summed E-state index contributed by atoms with van der Waals surface area (Å²) in [6, 6.07) is 11.7. The van der Waals surface area contributed by atoms with Gasteiger partial charge in [0.15, 0.2) is 11.5 Å². The van der Waals surface area contributed by atoms with Crippen LogP contribution in [-0.2, 0) is 15.9 Å². The summed E-state index contributed by atoms with van der Waals surface area (Å²) in [5, 5.41) is 25.6. The van der Waals surface area contributed by atoms with Crippen LogP contribution in [0.25, 0.3) is 11.3 Å². The van der Waals surface area contributed by atoms with Crippen molar-refractivity contribution < 1.29 is 46.8 Å². The molecular weight excluding hydrogens is 562 g/mol. The number of carbonyl (C=O) groups excluding carboxylic acids is 1. The molecule has 0 radical (unpaired) electrons. The second-order valence-corrected chi connectivity index (χ2v) is 9.92. The van der Waals surface area contributed by atoms with E-state index in [-0.39, 0.29) is 42.6 Å². The lowest BCUT2D eigenvalue weighted by molar-refractivity contribution is -0.265. The number of hydrogen-bond donors (Lipinski definition) is 4. The molecule has 2 unspecified atom stereocenters. The third-order valence-corrected chi connectivity index (χ3v) is 6.93. The molecule has 1 fully saturated rings. The average molecular weight is 594 g/mol. The second-order valence-electron chi connectivity index (χ2n) is 9.92. The lowest BCUT2D eigenvalue weighted by Crippen LogP contribution is -2.52. The van der Waals surface area contributed by atoms with E-state index in [1.54, 1.807) is 13.0 Å². The number of hydrogen-bond acceptors (Lipinski definition) is 8. The largest absolute Gasteiger partial charge is 0.493 e. The molecule has 1 aliphatic rings. The van der Waals surface area contributed by atoms with Crippen LogP contribution in [0.4, 0.5) is 17.6 Å². The third kappa shape index (κ3) is 6.65. The summed E-state index contributed by atoms with van der Waals surface area (Å²) >= 11 is 0. The van der Waals surface area contributed by atoms with Crippen molar-refractivity contribution in [2.24, 2.45) is 0 Å². The number of methoxy groups -OCH3 is 1. The van der Waals surface area contributed by atoms with Crippen LogP contribution in [-0.4, -0.2) is 73.9 Å². The third-order valence-electron chi connectivity index (χ3n) is 6.93. The van der Waals surface area contributed by atoms with Crippen LogP contribution in [0, 0.1) is 5.82 Å². The molecule has 0 aliphatic carbocycles. The van der Waals surface area contributed by atoms with Crippen LogP contribution in [0.5, 0.6) is 11.5 Å². The first-order valence-corrected chi connectivity index (χ1v) is 13.0. The van der Waals surface area contributed by atoms with Gasteiger partial charge in [0.25, 0.3) is 5.91 Å². The number of amides is 1. The van der Waals surface area contributed by atoms with Crippen LogP contribution >= 0.6 is 0 Å². The number of aromatic nitrogens is 1. The minimum absolute atomic E-state index is 0.0345. The van der Waals surface area contributed by atoms with Crippen LogP contribution in [0.3, 0.4) is 0 Å². The summed E-state index contributed by atoms with van der Waals surface area (Å²) in [7, 11) is 1.31. The van der Waals surface area contributed by atoms with E-state index < -0.39 is 41.3 Å². The second kappa shape index (κ2) is 12.6. The smallest absolute Gasteiger partial charge is 0.424 e. The Labute approximate surface area is 239 Å². The van der Waals surface area contributed by atoms with Gasteiger partial charge >= 0.3 is 6.18 Å². The van der Waals surface area contributed by atoms with Gasteiger partial charge in [0.2, 0.25) is 5.60 Å². The molecule has 4 N–H and O–H groups in total. The standard InChI is InChI=1S/C29H31F4N3O6/c1-27(17-41-11-9-35-27)20-14-22(18-3-6-21(30)7-4-18)36-25(15-20)28(39,29(31,32)33)16-34-26(38)19-5-8-23(42-12-10-37)24(13-19)40-2/h3-8,13-15,35,37,39H,9-12,16-17H2,1-2H3,(H,34,38). The van der Waals surface area contributed by atoms with Gasteiger partial charge < -0.3 is 35.1 Å². The predicted molar refractivity (Wildman–Crippen MR) is 144 cm³/mol. The summed E-state index contributed by atoms with van der Waals surface area (Å²) in [4.78, 5) is 17.1. The van der Waals surface area contributed by atoms with Gasteiger partial charge in [0.05, 0.1) is 50.4 Å².